The summed E-state index contributed by atoms with van der Waals surface area (Å²) in [5.41, 5.74) is 1.42. The van der Waals surface area contributed by atoms with Gasteiger partial charge in [-0.25, -0.2) is 9.59 Å². The molecule has 1 aromatic rings. The fraction of sp³-hybridized carbons (Fsp3) is 0.553. The van der Waals surface area contributed by atoms with Crippen LogP contribution in [0.3, 0.4) is 0 Å². The highest BCUT2D eigenvalue weighted by molar-refractivity contribution is 6.00. The molecule has 1 aromatic carbocycles. The van der Waals surface area contributed by atoms with Crippen molar-refractivity contribution in [1.82, 2.24) is 36.8 Å². The zero-order chi connectivity index (χ0) is 50.0. The normalized spacial score (nSPS) is 25.4. The third-order valence-corrected chi connectivity index (χ3v) is 11.2. The predicted octanol–water partition coefficient (Wildman–Crippen LogP) is 1.97. The Morgan fingerprint density at radius 3 is 2.00 bits per heavy atom. The SMILES string of the molecule is C=C1C(=O)N[C@H](C)C(=O)N[C@@H](CC(C)C)C(=O)N[C@@H](C(=O)O)CC(=O)N[C@@H](C(C)C)C(=O)N[C@@H](C=C/C(C)=C/[C@H](C)[C@H](Cc2ccccc2)OC)[C@H](C)C(=O)N[C@@H](C(=O)O)CCC(=O)N1C. The molecule has 1 aliphatic heterocycles. The lowest BCUT2D eigenvalue weighted by molar-refractivity contribution is -0.144. The van der Waals surface area contributed by atoms with E-state index in [4.69, 9.17) is 4.74 Å². The lowest BCUT2D eigenvalue weighted by atomic mass is 9.94. The second kappa shape index (κ2) is 26.6. The van der Waals surface area contributed by atoms with Crippen LogP contribution in [0.2, 0.25) is 0 Å². The van der Waals surface area contributed by atoms with Crippen molar-refractivity contribution >= 4 is 53.3 Å². The number of carboxylic acids is 2. The van der Waals surface area contributed by atoms with Crippen molar-refractivity contribution in [2.24, 2.45) is 23.7 Å². The molecule has 8 N–H and O–H groups in total. The highest BCUT2D eigenvalue weighted by atomic mass is 16.5. The summed E-state index contributed by atoms with van der Waals surface area (Å²) in [5.74, 6) is -11.0. The van der Waals surface area contributed by atoms with Crippen LogP contribution in [-0.4, -0.2) is 125 Å². The standard InChI is InChI=1S/C47H69N7O12/c1-25(2)21-35-44(60)52-36(47(64)65)24-38(55)53-40(26(3)4)45(61)49-33(18-17-27(5)22-28(6)37(66-11)23-32-15-13-12-14-16-32)29(7)41(57)50-34(46(62)63)19-20-39(56)54(10)31(9)43(59)48-30(8)42(58)51-35/h12-18,22,25-26,28-30,33-37,40H,9,19-21,23-24H2,1-8,10-11H3,(H,48,59)(H,49,61)(H,50,57)(H,51,58)(H,52,60)(H,53,55)(H,62,63)(H,64,65)/b18-17?,27-22+/t28-,29-,30+,33-,34+,35-,36+,37-,40-/m0/s1. The molecule has 0 aromatic heterocycles. The Labute approximate surface area is 387 Å². The number of amides is 7. The summed E-state index contributed by atoms with van der Waals surface area (Å²) in [6.07, 6.45) is 4.01. The van der Waals surface area contributed by atoms with Gasteiger partial charge in [0, 0.05) is 26.5 Å². The highest BCUT2D eigenvalue weighted by Gasteiger charge is 2.35. The van der Waals surface area contributed by atoms with Crippen LogP contribution in [-0.2, 0) is 54.3 Å². The molecule has 1 saturated heterocycles. The van der Waals surface area contributed by atoms with E-state index in [0.29, 0.717) is 6.42 Å². The molecule has 1 aliphatic rings. The third-order valence-electron chi connectivity index (χ3n) is 11.2. The van der Waals surface area contributed by atoms with Crippen LogP contribution in [0.15, 0.2) is 66.4 Å². The summed E-state index contributed by atoms with van der Waals surface area (Å²) in [5, 5.41) is 35.1. The van der Waals surface area contributed by atoms with Crippen molar-refractivity contribution in [3.05, 3.63) is 72.0 Å². The van der Waals surface area contributed by atoms with Crippen molar-refractivity contribution in [1.29, 1.82) is 0 Å². The van der Waals surface area contributed by atoms with Crippen LogP contribution >= 0.6 is 0 Å². The van der Waals surface area contributed by atoms with Gasteiger partial charge in [0.25, 0.3) is 5.91 Å². The van der Waals surface area contributed by atoms with Gasteiger partial charge in [-0.05, 0) is 50.5 Å². The molecule has 66 heavy (non-hydrogen) atoms. The molecule has 0 unspecified atom stereocenters. The first kappa shape index (κ1) is 55.8. The van der Waals surface area contributed by atoms with Crippen LogP contribution in [0.5, 0.6) is 0 Å². The first-order chi connectivity index (χ1) is 30.9. The Hall–Kier alpha value is -6.37. The van der Waals surface area contributed by atoms with Crippen molar-refractivity contribution in [2.75, 3.05) is 14.2 Å². The van der Waals surface area contributed by atoms with Gasteiger partial charge in [-0.3, -0.25) is 33.6 Å². The topological polar surface area (TPSA) is 279 Å². The zero-order valence-electron chi connectivity index (χ0n) is 39.6. The lowest BCUT2D eigenvalue weighted by Gasteiger charge is -2.28. The number of carboxylic acid groups (broad SMARTS) is 2. The Balaban J connectivity index is 2.61. The number of aliphatic carboxylic acids is 2. The average Bonchev–Trinajstić information content (AvgIpc) is 3.25. The average molecular weight is 924 g/mol. The van der Waals surface area contributed by atoms with Gasteiger partial charge in [0.2, 0.25) is 35.4 Å². The first-order valence-corrected chi connectivity index (χ1v) is 22.0. The summed E-state index contributed by atoms with van der Waals surface area (Å²) in [7, 11) is 2.84. The summed E-state index contributed by atoms with van der Waals surface area (Å²) in [6, 6.07) is 1.43. The summed E-state index contributed by atoms with van der Waals surface area (Å²) < 4.78 is 5.80. The minimum absolute atomic E-state index is 0.0370. The number of carbonyl (C=O) groups is 9. The number of rotatable bonds is 12. The van der Waals surface area contributed by atoms with Crippen molar-refractivity contribution in [2.45, 2.75) is 130 Å². The smallest absolute Gasteiger partial charge is 0.326 e. The number of carbonyl (C=O) groups excluding carboxylic acids is 7. The molecule has 0 bridgehead atoms. The number of likely N-dealkylation sites (N-methyl/N-ethyl adjacent to an activating group) is 1. The van der Waals surface area contributed by atoms with Gasteiger partial charge in [0.1, 0.15) is 35.9 Å². The molecule has 19 nitrogen and oxygen atoms in total. The number of nitrogens with zero attached hydrogens (tertiary/aromatic N) is 1. The molecule has 19 heteroatoms. The van der Waals surface area contributed by atoms with E-state index >= 15 is 0 Å². The van der Waals surface area contributed by atoms with E-state index in [2.05, 4.69) is 38.5 Å². The molecule has 364 valence electrons. The van der Waals surface area contributed by atoms with Gasteiger partial charge in [-0.15, -0.1) is 0 Å². The van der Waals surface area contributed by atoms with Crippen LogP contribution in [0, 0.1) is 23.7 Å². The van der Waals surface area contributed by atoms with E-state index in [1.165, 1.54) is 20.9 Å². The van der Waals surface area contributed by atoms with Gasteiger partial charge in [0.15, 0.2) is 0 Å². The maximum Gasteiger partial charge on any atom is 0.326 e. The van der Waals surface area contributed by atoms with Crippen LogP contribution in [0.25, 0.3) is 0 Å². The Kier molecular flexibility index (Phi) is 22.4. The minimum atomic E-state index is -1.80. The molecule has 9 atom stereocenters. The van der Waals surface area contributed by atoms with E-state index in [0.717, 1.165) is 16.0 Å². The fourth-order valence-electron chi connectivity index (χ4n) is 6.99. The number of methoxy groups -OCH3 is 1. The molecule has 0 aliphatic carbocycles. The number of hydrogen-bond acceptors (Lipinski definition) is 10. The van der Waals surface area contributed by atoms with Crippen LogP contribution in [0.1, 0.15) is 86.6 Å². The van der Waals surface area contributed by atoms with Crippen molar-refractivity contribution < 1.29 is 58.1 Å². The maximum atomic E-state index is 14.1. The molecule has 1 fully saturated rings. The number of benzene rings is 1. The zero-order valence-corrected chi connectivity index (χ0v) is 39.6. The molecule has 7 amide bonds. The Bertz CT molecular complexity index is 1980. The summed E-state index contributed by atoms with van der Waals surface area (Å²) in [4.78, 5) is 120. The molecule has 0 radical (unpaired) electrons. The second-order valence-corrected chi connectivity index (χ2v) is 17.5. The lowest BCUT2D eigenvalue weighted by Crippen LogP contribution is -2.57. The third kappa shape index (κ3) is 17.9. The molecule has 0 spiro atoms. The molecule has 0 saturated carbocycles. The first-order valence-electron chi connectivity index (χ1n) is 22.0. The fourth-order valence-corrected chi connectivity index (χ4v) is 6.99. The monoisotopic (exact) mass is 924 g/mol. The number of nitrogens with one attached hydrogen (secondary N) is 6. The minimum Gasteiger partial charge on any atom is -0.480 e. The molecular formula is C47H69N7O12. The van der Waals surface area contributed by atoms with Gasteiger partial charge >= 0.3 is 11.9 Å². The number of ether oxygens (including phenoxy) is 1. The van der Waals surface area contributed by atoms with Gasteiger partial charge < -0.3 is 51.8 Å². The van der Waals surface area contributed by atoms with Crippen LogP contribution < -0.4 is 31.9 Å². The predicted molar refractivity (Wildman–Crippen MR) is 245 cm³/mol. The van der Waals surface area contributed by atoms with E-state index in [-0.39, 0.29) is 24.4 Å². The van der Waals surface area contributed by atoms with Crippen LogP contribution in [0.4, 0.5) is 0 Å². The van der Waals surface area contributed by atoms with Gasteiger partial charge in [-0.1, -0.05) is 102 Å². The van der Waals surface area contributed by atoms with E-state index < -0.39 is 126 Å². The number of hydrogen-bond donors (Lipinski definition) is 8. The van der Waals surface area contributed by atoms with Gasteiger partial charge in [0.05, 0.1) is 24.5 Å². The van der Waals surface area contributed by atoms with Crippen molar-refractivity contribution in [3.8, 4) is 0 Å². The summed E-state index contributed by atoms with van der Waals surface area (Å²) in [6.45, 7) is 17.0. The van der Waals surface area contributed by atoms with E-state index in [1.807, 2.05) is 50.3 Å². The Morgan fingerprint density at radius 1 is 0.833 bits per heavy atom. The molecule has 2 rings (SSSR count). The largest absolute Gasteiger partial charge is 0.480 e. The van der Waals surface area contributed by atoms with Gasteiger partial charge in [-0.2, -0.15) is 0 Å². The number of allylic oxidation sites excluding steroid dienone is 2. The maximum absolute atomic E-state index is 14.1. The highest BCUT2D eigenvalue weighted by Crippen LogP contribution is 2.19. The van der Waals surface area contributed by atoms with Crippen molar-refractivity contribution in [3.63, 3.8) is 0 Å². The molecule has 1 heterocycles. The molecular weight excluding hydrogens is 855 g/mol. The summed E-state index contributed by atoms with van der Waals surface area (Å²) >= 11 is 0. The Morgan fingerprint density at radius 2 is 1.44 bits per heavy atom. The second-order valence-electron chi connectivity index (χ2n) is 17.5. The van der Waals surface area contributed by atoms with E-state index in [1.54, 1.807) is 47.0 Å². The van der Waals surface area contributed by atoms with E-state index in [9.17, 15) is 53.4 Å². The quantitative estimate of drug-likeness (QED) is 0.110.